The predicted molar refractivity (Wildman–Crippen MR) is 78.3 cm³/mol. The van der Waals surface area contributed by atoms with Gasteiger partial charge in [-0.3, -0.25) is 4.79 Å². The first-order valence-electron chi connectivity index (χ1n) is 6.96. The number of carbonyl (C=O) groups excluding carboxylic acids is 1. The summed E-state index contributed by atoms with van der Waals surface area (Å²) in [5.74, 6) is 1.81. The molecule has 2 fully saturated rings. The van der Waals surface area contributed by atoms with E-state index in [2.05, 4.69) is 42.1 Å². The first-order chi connectivity index (χ1) is 9.22. The number of rotatable bonds is 6. The van der Waals surface area contributed by atoms with Crippen LogP contribution in [0.25, 0.3) is 0 Å². The molecule has 2 saturated carbocycles. The summed E-state index contributed by atoms with van der Waals surface area (Å²) in [5.41, 5.74) is 1.74. The fraction of sp³-hybridized carbons (Fsp3) is 0.562. The van der Waals surface area contributed by atoms with E-state index in [1.807, 2.05) is 0 Å². The first-order valence-corrected chi connectivity index (χ1v) is 8.01. The molecule has 1 aromatic carbocycles. The minimum atomic E-state index is -0.0477. The number of thioether (sulfide) groups is 1. The lowest BCUT2D eigenvalue weighted by molar-refractivity contribution is -0.141. The molecule has 0 radical (unpaired) electrons. The highest BCUT2D eigenvalue weighted by Crippen LogP contribution is 2.56. The fourth-order valence-electron chi connectivity index (χ4n) is 2.62. The molecule has 2 unspecified atom stereocenters. The highest BCUT2D eigenvalue weighted by Gasteiger charge is 2.47. The third-order valence-electron chi connectivity index (χ3n) is 4.27. The lowest BCUT2D eigenvalue weighted by Crippen LogP contribution is -2.13. The van der Waals surface area contributed by atoms with Crippen molar-refractivity contribution in [2.45, 2.75) is 36.9 Å². The van der Waals surface area contributed by atoms with Crippen LogP contribution in [-0.2, 0) is 9.53 Å². The molecule has 0 saturated heterocycles. The molecule has 102 valence electrons. The minimum absolute atomic E-state index is 0.0477. The summed E-state index contributed by atoms with van der Waals surface area (Å²) in [6.07, 6.45) is 4.29. The average molecular weight is 276 g/mol. The molecule has 0 spiro atoms. The van der Waals surface area contributed by atoms with Gasteiger partial charge in [0, 0.05) is 5.25 Å². The second-order valence-corrected chi connectivity index (χ2v) is 7.08. The fourth-order valence-corrected chi connectivity index (χ4v) is 4.31. The Balaban J connectivity index is 1.46. The minimum Gasteiger partial charge on any atom is -0.469 e. The Morgan fingerprint density at radius 1 is 1.37 bits per heavy atom. The molecule has 3 rings (SSSR count). The zero-order chi connectivity index (χ0) is 13.3. The van der Waals surface area contributed by atoms with Crippen LogP contribution >= 0.6 is 11.8 Å². The van der Waals surface area contributed by atoms with Crippen molar-refractivity contribution in [3.63, 3.8) is 0 Å². The van der Waals surface area contributed by atoms with Crippen molar-refractivity contribution in [1.29, 1.82) is 0 Å². The molecule has 2 atom stereocenters. The smallest absolute Gasteiger partial charge is 0.306 e. The molecule has 3 heteroatoms. The molecule has 2 aliphatic carbocycles. The summed E-state index contributed by atoms with van der Waals surface area (Å²) in [6, 6.07) is 10.8. The second-order valence-electron chi connectivity index (χ2n) is 5.86. The van der Waals surface area contributed by atoms with Crippen LogP contribution in [0.1, 0.15) is 37.2 Å². The van der Waals surface area contributed by atoms with Crippen molar-refractivity contribution in [3.8, 4) is 0 Å². The Morgan fingerprint density at radius 2 is 2.11 bits per heavy atom. The van der Waals surface area contributed by atoms with E-state index in [0.717, 1.165) is 16.9 Å². The molecule has 2 aliphatic rings. The van der Waals surface area contributed by atoms with Crippen LogP contribution in [0.4, 0.5) is 0 Å². The molecule has 0 N–H and O–H groups in total. The van der Waals surface area contributed by atoms with Crippen LogP contribution in [0.5, 0.6) is 0 Å². The van der Waals surface area contributed by atoms with E-state index in [1.165, 1.54) is 31.9 Å². The molecule has 0 aliphatic heterocycles. The van der Waals surface area contributed by atoms with Gasteiger partial charge in [-0.2, -0.15) is 11.8 Å². The number of esters is 1. The van der Waals surface area contributed by atoms with Crippen LogP contribution in [0.2, 0.25) is 0 Å². The summed E-state index contributed by atoms with van der Waals surface area (Å²) in [4.78, 5) is 11.4. The van der Waals surface area contributed by atoms with Gasteiger partial charge in [0.25, 0.3) is 0 Å². The molecule has 2 nitrogen and oxygen atoms in total. The summed E-state index contributed by atoms with van der Waals surface area (Å²) < 4.78 is 4.79. The molecule has 0 heterocycles. The third kappa shape index (κ3) is 3.14. The van der Waals surface area contributed by atoms with Crippen molar-refractivity contribution in [1.82, 2.24) is 0 Å². The molecule has 0 amide bonds. The van der Waals surface area contributed by atoms with E-state index in [-0.39, 0.29) is 11.4 Å². The Bertz CT molecular complexity index is 453. The van der Waals surface area contributed by atoms with Crippen LogP contribution in [0, 0.1) is 5.41 Å². The molecule has 0 bridgehead atoms. The standard InChI is InChI=1S/C16H20O2S/c1-18-15(17)10-16(7-8-16)11-19-14-9-13(14)12-5-3-2-4-6-12/h2-6,13-14H,7-11H2,1H3. The number of carbonyl (C=O) groups is 1. The summed E-state index contributed by atoms with van der Waals surface area (Å²) >= 11 is 2.06. The maximum Gasteiger partial charge on any atom is 0.306 e. The Hall–Kier alpha value is -0.960. The number of benzene rings is 1. The lowest BCUT2D eigenvalue weighted by atomic mass is 10.1. The van der Waals surface area contributed by atoms with Gasteiger partial charge in [-0.15, -0.1) is 0 Å². The molecular weight excluding hydrogens is 256 g/mol. The second kappa shape index (κ2) is 5.20. The quantitative estimate of drug-likeness (QED) is 0.742. The Morgan fingerprint density at radius 3 is 2.74 bits per heavy atom. The molecule has 19 heavy (non-hydrogen) atoms. The van der Waals surface area contributed by atoms with E-state index >= 15 is 0 Å². The van der Waals surface area contributed by atoms with Gasteiger partial charge in [0.2, 0.25) is 0 Å². The SMILES string of the molecule is COC(=O)CC1(CSC2CC2c2ccccc2)CC1. The van der Waals surface area contributed by atoms with Gasteiger partial charge < -0.3 is 4.74 Å². The largest absolute Gasteiger partial charge is 0.469 e. The van der Waals surface area contributed by atoms with Gasteiger partial charge >= 0.3 is 5.97 Å². The maximum absolute atomic E-state index is 11.4. The van der Waals surface area contributed by atoms with E-state index < -0.39 is 0 Å². The number of hydrogen-bond acceptors (Lipinski definition) is 3. The van der Waals surface area contributed by atoms with E-state index in [1.54, 1.807) is 0 Å². The van der Waals surface area contributed by atoms with Gasteiger partial charge in [-0.1, -0.05) is 30.3 Å². The monoisotopic (exact) mass is 276 g/mol. The van der Waals surface area contributed by atoms with Gasteiger partial charge in [0.15, 0.2) is 0 Å². The van der Waals surface area contributed by atoms with E-state index in [4.69, 9.17) is 4.74 Å². The summed E-state index contributed by atoms with van der Waals surface area (Å²) in [5, 5.41) is 0.762. The maximum atomic E-state index is 11.4. The summed E-state index contributed by atoms with van der Waals surface area (Å²) in [6.45, 7) is 0. The van der Waals surface area contributed by atoms with Crippen LogP contribution in [0.3, 0.4) is 0 Å². The lowest BCUT2D eigenvalue weighted by Gasteiger charge is -2.12. The molecule has 1 aromatic rings. The highest BCUT2D eigenvalue weighted by molar-refractivity contribution is 8.00. The van der Waals surface area contributed by atoms with Crippen molar-refractivity contribution in [2.24, 2.45) is 5.41 Å². The van der Waals surface area contributed by atoms with E-state index in [9.17, 15) is 4.79 Å². The Kier molecular flexibility index (Phi) is 3.57. The predicted octanol–water partition coefficient (Wildman–Crippen LogP) is 3.62. The molecule has 0 aromatic heterocycles. The van der Waals surface area contributed by atoms with Gasteiger partial charge in [0.05, 0.1) is 13.5 Å². The zero-order valence-electron chi connectivity index (χ0n) is 11.3. The van der Waals surface area contributed by atoms with Crippen molar-refractivity contribution in [2.75, 3.05) is 12.9 Å². The van der Waals surface area contributed by atoms with Crippen molar-refractivity contribution < 1.29 is 9.53 Å². The summed E-state index contributed by atoms with van der Waals surface area (Å²) in [7, 11) is 1.48. The van der Waals surface area contributed by atoms with Crippen molar-refractivity contribution >= 4 is 17.7 Å². The zero-order valence-corrected chi connectivity index (χ0v) is 12.1. The first kappa shape index (κ1) is 13.0. The van der Waals surface area contributed by atoms with Crippen LogP contribution in [-0.4, -0.2) is 24.1 Å². The van der Waals surface area contributed by atoms with Gasteiger partial charge in [-0.25, -0.2) is 0 Å². The Labute approximate surface area is 118 Å². The van der Waals surface area contributed by atoms with Gasteiger partial charge in [-0.05, 0) is 41.9 Å². The molecular formula is C16H20O2S. The van der Waals surface area contributed by atoms with Gasteiger partial charge in [0.1, 0.15) is 0 Å². The third-order valence-corrected chi connectivity index (χ3v) is 6.00. The number of ether oxygens (including phenoxy) is 1. The van der Waals surface area contributed by atoms with Crippen LogP contribution in [0.15, 0.2) is 30.3 Å². The average Bonchev–Trinajstić information content (AvgIpc) is 3.33. The number of methoxy groups -OCH3 is 1. The van der Waals surface area contributed by atoms with Crippen LogP contribution < -0.4 is 0 Å². The van der Waals surface area contributed by atoms with Crippen molar-refractivity contribution in [3.05, 3.63) is 35.9 Å². The number of hydrogen-bond donors (Lipinski definition) is 0. The normalized spacial score (nSPS) is 26.8. The highest BCUT2D eigenvalue weighted by atomic mass is 32.2. The topological polar surface area (TPSA) is 26.3 Å². The van der Waals surface area contributed by atoms with E-state index in [0.29, 0.717) is 6.42 Å².